The standard InChI is InChI=1S/C8H11N3/c1-3-7(2)11-5-4-10-8(11)6-9/h4-5,7H,3H2,1-2H3. The number of aromatic nitrogens is 2. The molecule has 0 fully saturated rings. The van der Waals surface area contributed by atoms with Gasteiger partial charge >= 0.3 is 0 Å². The molecule has 0 radical (unpaired) electrons. The molecule has 0 saturated heterocycles. The number of rotatable bonds is 2. The Morgan fingerprint density at radius 2 is 2.55 bits per heavy atom. The van der Waals surface area contributed by atoms with E-state index in [0.717, 1.165) is 6.42 Å². The van der Waals surface area contributed by atoms with Crippen LogP contribution in [0.1, 0.15) is 32.1 Å². The van der Waals surface area contributed by atoms with E-state index in [2.05, 4.69) is 18.8 Å². The first-order valence-electron chi connectivity index (χ1n) is 3.72. The normalized spacial score (nSPS) is 12.5. The van der Waals surface area contributed by atoms with Crippen molar-refractivity contribution in [3.05, 3.63) is 18.2 Å². The maximum absolute atomic E-state index is 8.62. The van der Waals surface area contributed by atoms with Crippen molar-refractivity contribution < 1.29 is 0 Å². The van der Waals surface area contributed by atoms with Gasteiger partial charge in [-0.2, -0.15) is 5.26 Å². The summed E-state index contributed by atoms with van der Waals surface area (Å²) in [6.45, 7) is 4.16. The van der Waals surface area contributed by atoms with Gasteiger partial charge in [0.15, 0.2) is 0 Å². The molecule has 1 aromatic heterocycles. The minimum Gasteiger partial charge on any atom is -0.320 e. The zero-order valence-electron chi connectivity index (χ0n) is 6.78. The summed E-state index contributed by atoms with van der Waals surface area (Å²) in [5.41, 5.74) is 0. The highest BCUT2D eigenvalue weighted by Gasteiger charge is 2.05. The minimum atomic E-state index is 0.368. The predicted octanol–water partition coefficient (Wildman–Crippen LogP) is 1.73. The molecule has 1 heterocycles. The van der Waals surface area contributed by atoms with E-state index in [-0.39, 0.29) is 0 Å². The summed E-state index contributed by atoms with van der Waals surface area (Å²) in [4.78, 5) is 3.91. The van der Waals surface area contributed by atoms with Crippen LogP contribution >= 0.6 is 0 Å². The van der Waals surface area contributed by atoms with Gasteiger partial charge in [-0.25, -0.2) is 4.98 Å². The van der Waals surface area contributed by atoms with Crippen LogP contribution in [0.2, 0.25) is 0 Å². The molecule has 0 saturated carbocycles. The third kappa shape index (κ3) is 1.40. The summed E-state index contributed by atoms with van der Waals surface area (Å²) < 4.78 is 1.89. The molecule has 3 heteroatoms. The number of nitriles is 1. The van der Waals surface area contributed by atoms with Gasteiger partial charge in [0, 0.05) is 18.4 Å². The fraction of sp³-hybridized carbons (Fsp3) is 0.500. The van der Waals surface area contributed by atoms with E-state index in [1.165, 1.54) is 0 Å². The molecule has 3 nitrogen and oxygen atoms in total. The minimum absolute atomic E-state index is 0.368. The zero-order chi connectivity index (χ0) is 8.27. The van der Waals surface area contributed by atoms with Gasteiger partial charge in [0.05, 0.1) is 0 Å². The van der Waals surface area contributed by atoms with Crippen molar-refractivity contribution in [3.63, 3.8) is 0 Å². The highest BCUT2D eigenvalue weighted by molar-refractivity contribution is 5.11. The van der Waals surface area contributed by atoms with Crippen LogP contribution in [0, 0.1) is 11.3 Å². The Labute approximate surface area is 66.3 Å². The van der Waals surface area contributed by atoms with Crippen LogP contribution in [0.15, 0.2) is 12.4 Å². The SMILES string of the molecule is CCC(C)n1ccnc1C#N. The summed E-state index contributed by atoms with van der Waals surface area (Å²) >= 11 is 0. The highest BCUT2D eigenvalue weighted by atomic mass is 15.1. The van der Waals surface area contributed by atoms with Crippen molar-refractivity contribution in [3.8, 4) is 6.07 Å². The third-order valence-corrected chi connectivity index (χ3v) is 1.83. The summed E-state index contributed by atoms with van der Waals surface area (Å²) in [5.74, 6) is 0.499. The monoisotopic (exact) mass is 149 g/mol. The molecule has 0 amide bonds. The topological polar surface area (TPSA) is 41.6 Å². The summed E-state index contributed by atoms with van der Waals surface area (Å²) in [6, 6.07) is 2.41. The molecule has 0 bridgehead atoms. The molecule has 0 aliphatic rings. The van der Waals surface area contributed by atoms with Crippen molar-refractivity contribution in [2.24, 2.45) is 0 Å². The first-order chi connectivity index (χ1) is 5.29. The van der Waals surface area contributed by atoms with E-state index < -0.39 is 0 Å². The molecular weight excluding hydrogens is 138 g/mol. The van der Waals surface area contributed by atoms with Gasteiger partial charge in [-0.15, -0.1) is 0 Å². The van der Waals surface area contributed by atoms with E-state index in [1.54, 1.807) is 6.20 Å². The fourth-order valence-corrected chi connectivity index (χ4v) is 0.952. The van der Waals surface area contributed by atoms with Crippen LogP contribution in [0.25, 0.3) is 0 Å². The number of nitrogens with zero attached hydrogens (tertiary/aromatic N) is 3. The second kappa shape index (κ2) is 3.20. The molecular formula is C8H11N3. The summed E-state index contributed by atoms with van der Waals surface area (Å²) in [6.07, 6.45) is 4.52. The van der Waals surface area contributed by atoms with Crippen LogP contribution in [0.5, 0.6) is 0 Å². The van der Waals surface area contributed by atoms with E-state index in [4.69, 9.17) is 5.26 Å². The summed E-state index contributed by atoms with van der Waals surface area (Å²) in [7, 11) is 0. The van der Waals surface area contributed by atoms with Gasteiger partial charge in [-0.05, 0) is 13.3 Å². The van der Waals surface area contributed by atoms with Gasteiger partial charge in [-0.3, -0.25) is 0 Å². The molecule has 11 heavy (non-hydrogen) atoms. The second-order valence-electron chi connectivity index (χ2n) is 2.53. The Kier molecular flexibility index (Phi) is 2.27. The number of hydrogen-bond donors (Lipinski definition) is 0. The first kappa shape index (κ1) is 7.80. The Balaban J connectivity index is 2.95. The van der Waals surface area contributed by atoms with E-state index in [9.17, 15) is 0 Å². The molecule has 0 aliphatic carbocycles. The molecule has 0 spiro atoms. The van der Waals surface area contributed by atoms with E-state index in [0.29, 0.717) is 11.9 Å². The predicted molar refractivity (Wildman–Crippen MR) is 41.9 cm³/mol. The Morgan fingerprint density at radius 1 is 1.82 bits per heavy atom. The quantitative estimate of drug-likeness (QED) is 0.642. The van der Waals surface area contributed by atoms with Gasteiger partial charge in [-0.1, -0.05) is 6.92 Å². The molecule has 0 aliphatic heterocycles. The van der Waals surface area contributed by atoms with Crippen LogP contribution in [0.3, 0.4) is 0 Å². The van der Waals surface area contributed by atoms with Gasteiger partial charge in [0.1, 0.15) is 6.07 Å². The van der Waals surface area contributed by atoms with Crippen LogP contribution in [0.4, 0.5) is 0 Å². The van der Waals surface area contributed by atoms with Crippen LogP contribution in [-0.2, 0) is 0 Å². The smallest absolute Gasteiger partial charge is 0.212 e. The van der Waals surface area contributed by atoms with Crippen LogP contribution < -0.4 is 0 Å². The van der Waals surface area contributed by atoms with Gasteiger partial charge < -0.3 is 4.57 Å². The zero-order valence-corrected chi connectivity index (χ0v) is 6.78. The average molecular weight is 149 g/mol. The first-order valence-corrected chi connectivity index (χ1v) is 3.72. The Morgan fingerprint density at radius 3 is 3.09 bits per heavy atom. The highest BCUT2D eigenvalue weighted by Crippen LogP contribution is 2.11. The number of imidazole rings is 1. The van der Waals surface area contributed by atoms with Gasteiger partial charge in [0.25, 0.3) is 0 Å². The summed E-state index contributed by atoms with van der Waals surface area (Å²) in [5, 5.41) is 8.62. The average Bonchev–Trinajstić information content (AvgIpc) is 2.50. The van der Waals surface area contributed by atoms with E-state index >= 15 is 0 Å². The maximum Gasteiger partial charge on any atom is 0.212 e. The molecule has 0 aromatic carbocycles. The molecule has 1 aromatic rings. The molecule has 0 N–H and O–H groups in total. The second-order valence-corrected chi connectivity index (χ2v) is 2.53. The maximum atomic E-state index is 8.62. The molecule has 1 atom stereocenters. The van der Waals surface area contributed by atoms with Crippen molar-refractivity contribution in [2.45, 2.75) is 26.3 Å². The van der Waals surface area contributed by atoms with Crippen molar-refractivity contribution >= 4 is 0 Å². The van der Waals surface area contributed by atoms with E-state index in [1.807, 2.05) is 16.8 Å². The lowest BCUT2D eigenvalue weighted by Crippen LogP contribution is -2.04. The lowest BCUT2D eigenvalue weighted by molar-refractivity contribution is 0.525. The Bertz CT molecular complexity index is 269. The Hall–Kier alpha value is -1.30. The number of hydrogen-bond acceptors (Lipinski definition) is 2. The van der Waals surface area contributed by atoms with Crippen molar-refractivity contribution in [1.29, 1.82) is 5.26 Å². The molecule has 58 valence electrons. The lowest BCUT2D eigenvalue weighted by atomic mass is 10.2. The third-order valence-electron chi connectivity index (χ3n) is 1.83. The van der Waals surface area contributed by atoms with Crippen molar-refractivity contribution in [2.75, 3.05) is 0 Å². The lowest BCUT2D eigenvalue weighted by Gasteiger charge is -2.09. The molecule has 1 rings (SSSR count). The fourth-order valence-electron chi connectivity index (χ4n) is 0.952. The largest absolute Gasteiger partial charge is 0.320 e. The van der Waals surface area contributed by atoms with Gasteiger partial charge in [0.2, 0.25) is 5.82 Å². The van der Waals surface area contributed by atoms with Crippen LogP contribution in [-0.4, -0.2) is 9.55 Å². The molecule has 1 unspecified atom stereocenters. The van der Waals surface area contributed by atoms with Crippen molar-refractivity contribution in [1.82, 2.24) is 9.55 Å².